The van der Waals surface area contributed by atoms with E-state index in [1.165, 1.54) is 0 Å². The molecule has 0 heterocycles. The molecule has 92 valence electrons. The van der Waals surface area contributed by atoms with Crippen molar-refractivity contribution in [3.8, 4) is 0 Å². The van der Waals surface area contributed by atoms with E-state index >= 15 is 0 Å². The third-order valence-electron chi connectivity index (χ3n) is 2.70. The normalized spacial score (nSPS) is 16.4. The zero-order valence-corrected chi connectivity index (χ0v) is 11.1. The van der Waals surface area contributed by atoms with E-state index < -0.39 is 0 Å². The van der Waals surface area contributed by atoms with Crippen molar-refractivity contribution in [2.24, 2.45) is 5.41 Å². The zero-order valence-electron chi connectivity index (χ0n) is 11.1. The molecule has 0 aliphatic heterocycles. The minimum absolute atomic E-state index is 0.174. The molecule has 0 amide bonds. The molecule has 3 heteroatoms. The Morgan fingerprint density at radius 3 is 2.13 bits per heavy atom. The summed E-state index contributed by atoms with van der Waals surface area (Å²) in [6, 6.07) is 0.426. The van der Waals surface area contributed by atoms with Gasteiger partial charge in [-0.15, -0.1) is 0 Å². The first kappa shape index (κ1) is 14.9. The van der Waals surface area contributed by atoms with Gasteiger partial charge in [0.1, 0.15) is 0 Å². The molecule has 0 radical (unpaired) electrons. The summed E-state index contributed by atoms with van der Waals surface area (Å²) in [5.74, 6) is 0. The fourth-order valence-electron chi connectivity index (χ4n) is 1.54. The topological polar surface area (TPSA) is 30.5 Å². The average molecular weight is 217 g/mol. The van der Waals surface area contributed by atoms with Crippen molar-refractivity contribution in [3.63, 3.8) is 0 Å². The first-order chi connectivity index (χ1) is 6.95. The van der Waals surface area contributed by atoms with Crippen LogP contribution >= 0.6 is 0 Å². The van der Waals surface area contributed by atoms with Gasteiger partial charge >= 0.3 is 0 Å². The third-order valence-corrected chi connectivity index (χ3v) is 2.70. The van der Waals surface area contributed by atoms with Gasteiger partial charge in [-0.1, -0.05) is 27.7 Å². The van der Waals surface area contributed by atoms with E-state index in [0.29, 0.717) is 6.04 Å². The Bertz CT molecular complexity index is 154. The maximum Gasteiger partial charge on any atom is 0.0743 e. The Morgan fingerprint density at radius 2 is 1.80 bits per heavy atom. The van der Waals surface area contributed by atoms with Crippen molar-refractivity contribution in [1.82, 2.24) is 5.32 Å². The Morgan fingerprint density at radius 1 is 1.20 bits per heavy atom. The van der Waals surface area contributed by atoms with E-state index in [2.05, 4.69) is 33.0 Å². The molecule has 0 saturated heterocycles. The molecule has 0 saturated carbocycles. The maximum atomic E-state index is 5.48. The van der Waals surface area contributed by atoms with Gasteiger partial charge in [-0.3, -0.25) is 0 Å². The fraction of sp³-hybridized carbons (Fsp3) is 1.00. The molecule has 0 aromatic rings. The molecule has 1 N–H and O–H groups in total. The molecule has 0 aromatic heterocycles. The van der Waals surface area contributed by atoms with Crippen LogP contribution in [0, 0.1) is 5.41 Å². The first-order valence-electron chi connectivity index (χ1n) is 5.70. The average Bonchev–Trinajstić information content (AvgIpc) is 2.15. The van der Waals surface area contributed by atoms with Crippen LogP contribution in [0.4, 0.5) is 0 Å². The van der Waals surface area contributed by atoms with Crippen LogP contribution in [0.5, 0.6) is 0 Å². The molecule has 0 rings (SSSR count). The van der Waals surface area contributed by atoms with Crippen molar-refractivity contribution in [3.05, 3.63) is 0 Å². The molecule has 0 aromatic carbocycles. The highest BCUT2D eigenvalue weighted by molar-refractivity contribution is 4.78. The van der Waals surface area contributed by atoms with Gasteiger partial charge in [0.25, 0.3) is 0 Å². The van der Waals surface area contributed by atoms with Gasteiger partial charge in [0.15, 0.2) is 0 Å². The standard InChI is InChI=1S/C12H27NO2/c1-7-10(9-14-5)13-8-11(15-6)12(2,3)4/h10-11,13H,7-9H2,1-6H3. The minimum atomic E-state index is 0.174. The van der Waals surface area contributed by atoms with Gasteiger partial charge in [-0.05, 0) is 11.8 Å². The number of methoxy groups -OCH3 is 2. The van der Waals surface area contributed by atoms with E-state index in [-0.39, 0.29) is 11.5 Å². The van der Waals surface area contributed by atoms with Gasteiger partial charge in [0.05, 0.1) is 12.7 Å². The van der Waals surface area contributed by atoms with Crippen LogP contribution in [-0.2, 0) is 9.47 Å². The number of nitrogens with one attached hydrogen (secondary N) is 1. The van der Waals surface area contributed by atoms with Crippen LogP contribution in [0.3, 0.4) is 0 Å². The second-order valence-electron chi connectivity index (χ2n) is 5.06. The van der Waals surface area contributed by atoms with Crippen LogP contribution in [0.25, 0.3) is 0 Å². The lowest BCUT2D eigenvalue weighted by Crippen LogP contribution is -2.43. The highest BCUT2D eigenvalue weighted by Crippen LogP contribution is 2.21. The smallest absolute Gasteiger partial charge is 0.0743 e. The second-order valence-corrected chi connectivity index (χ2v) is 5.06. The summed E-state index contributed by atoms with van der Waals surface area (Å²) in [6.07, 6.45) is 1.32. The summed E-state index contributed by atoms with van der Waals surface area (Å²) in [6.45, 7) is 10.4. The van der Waals surface area contributed by atoms with Gasteiger partial charge in [-0.2, -0.15) is 0 Å². The van der Waals surface area contributed by atoms with Crippen LogP contribution < -0.4 is 5.32 Å². The second kappa shape index (κ2) is 7.20. The molecular weight excluding hydrogens is 190 g/mol. The number of hydrogen-bond donors (Lipinski definition) is 1. The van der Waals surface area contributed by atoms with Crippen LogP contribution in [-0.4, -0.2) is 39.5 Å². The van der Waals surface area contributed by atoms with Crippen molar-refractivity contribution >= 4 is 0 Å². The summed E-state index contributed by atoms with van der Waals surface area (Å²) >= 11 is 0. The summed E-state index contributed by atoms with van der Waals surface area (Å²) in [7, 11) is 3.51. The van der Waals surface area contributed by atoms with Crippen molar-refractivity contribution < 1.29 is 9.47 Å². The number of rotatable bonds is 7. The predicted molar refractivity (Wildman–Crippen MR) is 64.2 cm³/mol. The highest BCUT2D eigenvalue weighted by Gasteiger charge is 2.24. The molecule has 0 bridgehead atoms. The molecule has 0 fully saturated rings. The van der Waals surface area contributed by atoms with E-state index in [4.69, 9.17) is 9.47 Å². The Balaban J connectivity index is 3.98. The summed E-state index contributed by atoms with van der Waals surface area (Å²) in [5.41, 5.74) is 0.174. The molecule has 15 heavy (non-hydrogen) atoms. The first-order valence-corrected chi connectivity index (χ1v) is 5.70. The maximum absolute atomic E-state index is 5.48. The Hall–Kier alpha value is -0.120. The quantitative estimate of drug-likeness (QED) is 0.708. The summed E-state index contributed by atoms with van der Waals surface area (Å²) in [4.78, 5) is 0. The SMILES string of the molecule is CCC(COC)NCC(OC)C(C)(C)C. The molecule has 2 atom stereocenters. The van der Waals surface area contributed by atoms with E-state index in [1.807, 2.05) is 0 Å². The Kier molecular flexibility index (Phi) is 7.14. The highest BCUT2D eigenvalue weighted by atomic mass is 16.5. The number of hydrogen-bond acceptors (Lipinski definition) is 3. The zero-order chi connectivity index (χ0) is 11.9. The molecular formula is C12H27NO2. The molecule has 0 spiro atoms. The predicted octanol–water partition coefficient (Wildman–Crippen LogP) is 2.06. The van der Waals surface area contributed by atoms with Gasteiger partial charge < -0.3 is 14.8 Å². The van der Waals surface area contributed by atoms with Gasteiger partial charge in [0, 0.05) is 26.8 Å². The third kappa shape index (κ3) is 6.13. The van der Waals surface area contributed by atoms with Crippen molar-refractivity contribution in [2.75, 3.05) is 27.4 Å². The van der Waals surface area contributed by atoms with E-state index in [9.17, 15) is 0 Å². The van der Waals surface area contributed by atoms with Crippen molar-refractivity contribution in [1.29, 1.82) is 0 Å². The summed E-state index contributed by atoms with van der Waals surface area (Å²) < 4.78 is 10.6. The van der Waals surface area contributed by atoms with Crippen LogP contribution in [0.2, 0.25) is 0 Å². The Labute approximate surface area is 94.5 Å². The fourth-order valence-corrected chi connectivity index (χ4v) is 1.54. The van der Waals surface area contributed by atoms with E-state index in [1.54, 1.807) is 14.2 Å². The summed E-state index contributed by atoms with van der Waals surface area (Å²) in [5, 5.41) is 3.48. The van der Waals surface area contributed by atoms with Crippen molar-refractivity contribution in [2.45, 2.75) is 46.3 Å². The lowest BCUT2D eigenvalue weighted by molar-refractivity contribution is 0.0133. The van der Waals surface area contributed by atoms with Gasteiger partial charge in [0.2, 0.25) is 0 Å². The van der Waals surface area contributed by atoms with Crippen LogP contribution in [0.1, 0.15) is 34.1 Å². The molecule has 0 aliphatic rings. The molecule has 3 nitrogen and oxygen atoms in total. The minimum Gasteiger partial charge on any atom is -0.383 e. The van der Waals surface area contributed by atoms with Crippen LogP contribution in [0.15, 0.2) is 0 Å². The molecule has 2 unspecified atom stereocenters. The lowest BCUT2D eigenvalue weighted by Gasteiger charge is -2.31. The molecule has 0 aliphatic carbocycles. The van der Waals surface area contributed by atoms with E-state index in [0.717, 1.165) is 19.6 Å². The largest absolute Gasteiger partial charge is 0.383 e. The number of ether oxygens (including phenoxy) is 2. The monoisotopic (exact) mass is 217 g/mol. The van der Waals surface area contributed by atoms with Gasteiger partial charge in [-0.25, -0.2) is 0 Å². The lowest BCUT2D eigenvalue weighted by atomic mass is 9.89.